The predicted octanol–water partition coefficient (Wildman–Crippen LogP) is 18.9. The smallest absolute Gasteiger partial charge is 0.387 e. The van der Waals surface area contributed by atoms with E-state index in [0.29, 0.717) is 17.4 Å². The number of hydrogen-bond acceptors (Lipinski definition) is 5. The van der Waals surface area contributed by atoms with Crippen molar-refractivity contribution in [2.24, 2.45) is 0 Å². The lowest BCUT2D eigenvalue weighted by molar-refractivity contribution is -0.870. The van der Waals surface area contributed by atoms with E-state index in [2.05, 4.69) is 129 Å². The third-order valence-electron chi connectivity index (χ3n) is 12.9. The maximum Gasteiger partial charge on any atom is 0.472 e. The van der Waals surface area contributed by atoms with Crippen LogP contribution < -0.4 is 5.32 Å². The topological polar surface area (TPSA) is 105 Å². The highest BCUT2D eigenvalue weighted by Crippen LogP contribution is 2.43. The van der Waals surface area contributed by atoms with E-state index in [9.17, 15) is 19.4 Å². The molecule has 430 valence electrons. The lowest BCUT2D eigenvalue weighted by atomic mass is 10.0. The van der Waals surface area contributed by atoms with Crippen molar-refractivity contribution in [2.75, 3.05) is 40.9 Å². The van der Waals surface area contributed by atoms with Crippen molar-refractivity contribution in [3.05, 3.63) is 122 Å². The van der Waals surface area contributed by atoms with Crippen LogP contribution in [0.4, 0.5) is 0 Å². The summed E-state index contributed by atoms with van der Waals surface area (Å²) >= 11 is 0. The number of nitrogens with zero attached hydrogens (tertiary/aromatic N) is 1. The van der Waals surface area contributed by atoms with E-state index < -0.39 is 20.0 Å². The van der Waals surface area contributed by atoms with Gasteiger partial charge < -0.3 is 19.8 Å². The van der Waals surface area contributed by atoms with Gasteiger partial charge in [-0.3, -0.25) is 13.8 Å². The van der Waals surface area contributed by atoms with Gasteiger partial charge in [0.1, 0.15) is 13.2 Å². The van der Waals surface area contributed by atoms with E-state index in [0.717, 1.165) is 116 Å². The summed E-state index contributed by atoms with van der Waals surface area (Å²) in [6.45, 7) is 4.69. The second-order valence-corrected chi connectivity index (χ2v) is 22.8. The summed E-state index contributed by atoms with van der Waals surface area (Å²) in [7, 11) is 1.54. The molecule has 0 heterocycles. The van der Waals surface area contributed by atoms with Crippen molar-refractivity contribution < 1.29 is 32.9 Å². The van der Waals surface area contributed by atoms with Crippen LogP contribution in [0.25, 0.3) is 0 Å². The molecule has 3 N–H and O–H groups in total. The molecule has 0 aromatic heterocycles. The molecule has 0 fully saturated rings. The van der Waals surface area contributed by atoms with E-state index in [1.807, 2.05) is 27.2 Å². The number of quaternary nitrogens is 1. The number of rotatable bonds is 54. The zero-order chi connectivity index (χ0) is 54.9. The standard InChI is InChI=1S/C66H115N2O6P/c1-6-8-10-12-14-16-18-20-22-24-26-28-29-30-31-32-33-34-35-36-37-38-39-40-42-44-46-48-50-52-54-56-58-60-66(70)67-64(63-74-75(71,72)73-62-61-68(3,4)5)65(69)59-57-55-53-51-49-47-45-43-41-27-25-23-21-19-17-15-13-11-9-7-2/h8,10,14,16,20,22,26,28,30-31,33-34,36-37,39-40,44,46,57,59,64-65,69H,6-7,9,11-13,15,17-19,21,23-25,27,29,32,35,38,41-43,45,47-56,58,60-63H2,1-5H3,(H-,67,70,71,72)/p+1/b10-8-,16-14-,22-20-,28-26-,31-30-,34-33-,37-36-,40-39-,46-44-,59-57+. The van der Waals surface area contributed by atoms with Gasteiger partial charge in [-0.2, -0.15) is 0 Å². The predicted molar refractivity (Wildman–Crippen MR) is 327 cm³/mol. The Bertz CT molecular complexity index is 1630. The van der Waals surface area contributed by atoms with Gasteiger partial charge in [-0.05, 0) is 89.9 Å². The number of unbranched alkanes of at least 4 members (excludes halogenated alkanes) is 23. The van der Waals surface area contributed by atoms with Gasteiger partial charge in [0.15, 0.2) is 0 Å². The fourth-order valence-electron chi connectivity index (χ4n) is 8.21. The summed E-state index contributed by atoms with van der Waals surface area (Å²) in [6.07, 6.45) is 83.0. The van der Waals surface area contributed by atoms with E-state index in [4.69, 9.17) is 9.05 Å². The molecule has 75 heavy (non-hydrogen) atoms. The van der Waals surface area contributed by atoms with Crippen molar-refractivity contribution in [2.45, 2.75) is 251 Å². The Labute approximate surface area is 463 Å². The molecule has 0 saturated carbocycles. The van der Waals surface area contributed by atoms with Crippen molar-refractivity contribution >= 4 is 13.7 Å². The highest BCUT2D eigenvalue weighted by atomic mass is 31.2. The molecular formula is C66H116N2O6P+. The van der Waals surface area contributed by atoms with E-state index in [1.165, 1.54) is 103 Å². The molecule has 8 nitrogen and oxygen atoms in total. The molecule has 3 unspecified atom stereocenters. The zero-order valence-electron chi connectivity index (χ0n) is 49.0. The number of allylic oxidation sites excluding steroid dienone is 19. The number of hydrogen-bond donors (Lipinski definition) is 3. The summed E-state index contributed by atoms with van der Waals surface area (Å²) in [5.74, 6) is -0.199. The Kier molecular flexibility index (Phi) is 53.3. The molecule has 0 spiro atoms. The fraction of sp³-hybridized carbons (Fsp3) is 0.682. The summed E-state index contributed by atoms with van der Waals surface area (Å²) in [6, 6.07) is -0.867. The van der Waals surface area contributed by atoms with Gasteiger partial charge in [0.05, 0.1) is 39.9 Å². The van der Waals surface area contributed by atoms with Crippen LogP contribution in [0.5, 0.6) is 0 Å². The fourth-order valence-corrected chi connectivity index (χ4v) is 8.95. The first-order chi connectivity index (χ1) is 36.5. The summed E-state index contributed by atoms with van der Waals surface area (Å²) in [4.78, 5) is 23.3. The van der Waals surface area contributed by atoms with Crippen LogP contribution in [-0.4, -0.2) is 73.4 Å². The van der Waals surface area contributed by atoms with Crippen LogP contribution in [0.3, 0.4) is 0 Å². The van der Waals surface area contributed by atoms with Crippen LogP contribution in [0.1, 0.15) is 239 Å². The Morgan fingerprint density at radius 1 is 0.467 bits per heavy atom. The highest BCUT2D eigenvalue weighted by Gasteiger charge is 2.27. The Morgan fingerprint density at radius 3 is 1.17 bits per heavy atom. The molecule has 0 aromatic rings. The van der Waals surface area contributed by atoms with Crippen molar-refractivity contribution in [1.82, 2.24) is 5.32 Å². The minimum Gasteiger partial charge on any atom is -0.387 e. The number of phosphoric ester groups is 1. The average molecular weight is 1060 g/mol. The van der Waals surface area contributed by atoms with Gasteiger partial charge in [0, 0.05) is 6.42 Å². The zero-order valence-corrected chi connectivity index (χ0v) is 49.9. The van der Waals surface area contributed by atoms with Crippen molar-refractivity contribution in [1.29, 1.82) is 0 Å². The monoisotopic (exact) mass is 1060 g/mol. The normalized spacial score (nSPS) is 14.7. The van der Waals surface area contributed by atoms with Crippen LogP contribution in [0.15, 0.2) is 122 Å². The quantitative estimate of drug-likeness (QED) is 0.0243. The van der Waals surface area contributed by atoms with Gasteiger partial charge >= 0.3 is 7.82 Å². The third kappa shape index (κ3) is 58.4. The molecule has 0 aliphatic heterocycles. The van der Waals surface area contributed by atoms with Crippen molar-refractivity contribution in [3.8, 4) is 0 Å². The van der Waals surface area contributed by atoms with E-state index >= 15 is 0 Å². The van der Waals surface area contributed by atoms with Crippen LogP contribution >= 0.6 is 7.82 Å². The van der Waals surface area contributed by atoms with Crippen LogP contribution in [-0.2, 0) is 18.4 Å². The molecule has 0 aliphatic rings. The number of likely N-dealkylation sites (N-methyl/N-ethyl adjacent to an activating group) is 1. The Hall–Kier alpha value is -3.10. The Morgan fingerprint density at radius 2 is 0.800 bits per heavy atom. The number of nitrogens with one attached hydrogen (secondary N) is 1. The first-order valence-corrected chi connectivity index (χ1v) is 31.9. The summed E-state index contributed by atoms with van der Waals surface area (Å²) < 4.78 is 23.7. The molecule has 0 aromatic carbocycles. The number of amides is 1. The minimum absolute atomic E-state index is 0.0511. The highest BCUT2D eigenvalue weighted by molar-refractivity contribution is 7.47. The number of aliphatic hydroxyl groups is 1. The summed E-state index contributed by atoms with van der Waals surface area (Å²) in [5, 5.41) is 13.9. The lowest BCUT2D eigenvalue weighted by Crippen LogP contribution is -2.45. The molecule has 3 atom stereocenters. The van der Waals surface area contributed by atoms with E-state index in [1.54, 1.807) is 6.08 Å². The number of carbonyl (C=O) groups excluding carboxylic acids is 1. The molecule has 0 saturated heterocycles. The number of phosphoric acid groups is 1. The first-order valence-electron chi connectivity index (χ1n) is 30.4. The molecule has 0 bridgehead atoms. The minimum atomic E-state index is -4.36. The van der Waals surface area contributed by atoms with Crippen LogP contribution in [0.2, 0.25) is 0 Å². The third-order valence-corrected chi connectivity index (χ3v) is 13.9. The maximum absolute atomic E-state index is 13.0. The lowest BCUT2D eigenvalue weighted by Gasteiger charge is -2.25. The van der Waals surface area contributed by atoms with Gasteiger partial charge in [-0.15, -0.1) is 0 Å². The SMILES string of the molecule is CC/C=C\C/C=C\C/C=C\C/C=C\C/C=C\C/C=C\C/C=C\C/C=C\C/C=C\CCCCCCCC(=O)NC(COP(=O)(O)OCC[N+](C)(C)C)C(O)/C=C/CCCCCCCCCCCCCCCCCCCC. The summed E-state index contributed by atoms with van der Waals surface area (Å²) in [5.41, 5.74) is 0. The second kappa shape index (κ2) is 55.6. The largest absolute Gasteiger partial charge is 0.472 e. The average Bonchev–Trinajstić information content (AvgIpc) is 3.37. The maximum atomic E-state index is 13.0. The van der Waals surface area contributed by atoms with Crippen LogP contribution in [0, 0.1) is 0 Å². The van der Waals surface area contributed by atoms with Gasteiger partial charge in [-0.25, -0.2) is 4.57 Å². The first kappa shape index (κ1) is 71.9. The Balaban J connectivity index is 4.27. The molecule has 9 heteroatoms. The number of aliphatic hydroxyl groups excluding tert-OH is 1. The van der Waals surface area contributed by atoms with Crippen molar-refractivity contribution in [3.63, 3.8) is 0 Å². The molecule has 0 rings (SSSR count). The second-order valence-electron chi connectivity index (χ2n) is 21.3. The van der Waals surface area contributed by atoms with Gasteiger partial charge in [0.2, 0.25) is 5.91 Å². The number of carbonyl (C=O) groups is 1. The van der Waals surface area contributed by atoms with E-state index in [-0.39, 0.29) is 19.1 Å². The molecule has 0 aliphatic carbocycles. The molecule has 0 radical (unpaired) electrons. The van der Waals surface area contributed by atoms with Gasteiger partial charge in [0.25, 0.3) is 0 Å². The van der Waals surface area contributed by atoms with Gasteiger partial charge in [-0.1, -0.05) is 264 Å². The molecular weight excluding hydrogens is 948 g/mol. The molecule has 1 amide bonds.